The Morgan fingerprint density at radius 2 is 1.84 bits per heavy atom. The molecule has 2 aromatic carbocycles. The molecule has 0 aromatic heterocycles. The smallest absolute Gasteiger partial charge is 0.181 e. The van der Waals surface area contributed by atoms with Crippen molar-refractivity contribution in [2.24, 2.45) is 0 Å². The van der Waals surface area contributed by atoms with Crippen molar-refractivity contribution >= 4 is 11.5 Å². The summed E-state index contributed by atoms with van der Waals surface area (Å²) in [5.74, 6) is 0.115. The summed E-state index contributed by atoms with van der Waals surface area (Å²) in [5.41, 5.74) is 4.18. The minimum Gasteiger partial charge on any atom is -0.378 e. The number of ketones is 1. The number of aryl methyl sites for hydroxylation is 2. The second kappa shape index (κ2) is 6.19. The molecule has 2 rings (SSSR count). The van der Waals surface area contributed by atoms with Crippen LogP contribution in [-0.2, 0) is 6.42 Å². The third-order valence-corrected chi connectivity index (χ3v) is 3.16. The van der Waals surface area contributed by atoms with Gasteiger partial charge >= 0.3 is 0 Å². The summed E-state index contributed by atoms with van der Waals surface area (Å²) in [5, 5.41) is 3.16. The third-order valence-electron chi connectivity index (χ3n) is 3.16. The lowest BCUT2D eigenvalue weighted by atomic mass is 10.1. The number of hydrogen-bond acceptors (Lipinski definition) is 2. The maximum Gasteiger partial charge on any atom is 0.181 e. The zero-order valence-corrected chi connectivity index (χ0v) is 11.4. The molecule has 0 saturated heterocycles. The summed E-state index contributed by atoms with van der Waals surface area (Å²) in [7, 11) is 0. The lowest BCUT2D eigenvalue weighted by molar-refractivity contribution is 0.101. The normalized spacial score (nSPS) is 10.2. The lowest BCUT2D eigenvalue weighted by Crippen LogP contribution is -2.14. The zero-order chi connectivity index (χ0) is 13.7. The van der Waals surface area contributed by atoms with E-state index in [4.69, 9.17) is 0 Å². The molecule has 0 atom stereocenters. The van der Waals surface area contributed by atoms with E-state index in [1.165, 1.54) is 11.1 Å². The molecule has 98 valence electrons. The van der Waals surface area contributed by atoms with Gasteiger partial charge in [-0.05, 0) is 36.6 Å². The molecule has 0 heterocycles. The maximum absolute atomic E-state index is 12.0. The summed E-state index contributed by atoms with van der Waals surface area (Å²) in [4.78, 5) is 12.0. The van der Waals surface area contributed by atoms with E-state index < -0.39 is 0 Å². The van der Waals surface area contributed by atoms with Gasteiger partial charge in [0.25, 0.3) is 0 Å². The van der Waals surface area contributed by atoms with Gasteiger partial charge in [0.05, 0.1) is 6.54 Å². The molecule has 0 saturated carbocycles. The van der Waals surface area contributed by atoms with E-state index in [1.807, 2.05) is 55.5 Å². The van der Waals surface area contributed by atoms with Crippen LogP contribution in [-0.4, -0.2) is 12.3 Å². The van der Waals surface area contributed by atoms with E-state index in [0.29, 0.717) is 6.54 Å². The summed E-state index contributed by atoms with van der Waals surface area (Å²) in [6, 6.07) is 15.9. The summed E-state index contributed by atoms with van der Waals surface area (Å²) in [6.45, 7) is 4.47. The number of rotatable bonds is 5. The van der Waals surface area contributed by atoms with Crippen LogP contribution in [0.5, 0.6) is 0 Å². The summed E-state index contributed by atoms with van der Waals surface area (Å²) < 4.78 is 0. The zero-order valence-electron chi connectivity index (χ0n) is 11.4. The van der Waals surface area contributed by atoms with E-state index in [1.54, 1.807) is 0 Å². The van der Waals surface area contributed by atoms with Crippen LogP contribution in [0.4, 0.5) is 5.69 Å². The monoisotopic (exact) mass is 253 g/mol. The first kappa shape index (κ1) is 13.3. The SMILES string of the molecule is CCc1ccc(C(=O)CNc2cccc(C)c2)cc1. The van der Waals surface area contributed by atoms with Crippen LogP contribution in [0.3, 0.4) is 0 Å². The van der Waals surface area contributed by atoms with E-state index in [0.717, 1.165) is 17.7 Å². The molecule has 2 heteroatoms. The van der Waals surface area contributed by atoms with Crippen molar-refractivity contribution in [2.75, 3.05) is 11.9 Å². The Labute approximate surface area is 114 Å². The molecule has 2 nitrogen and oxygen atoms in total. The molecule has 2 aromatic rings. The second-order valence-corrected chi connectivity index (χ2v) is 4.70. The molecule has 0 aliphatic carbocycles. The van der Waals surface area contributed by atoms with Gasteiger partial charge in [-0.1, -0.05) is 43.3 Å². The highest BCUT2D eigenvalue weighted by molar-refractivity contribution is 5.99. The highest BCUT2D eigenvalue weighted by Gasteiger charge is 2.05. The van der Waals surface area contributed by atoms with Gasteiger partial charge in [-0.25, -0.2) is 0 Å². The summed E-state index contributed by atoms with van der Waals surface area (Å²) in [6.07, 6.45) is 0.996. The molecule has 0 unspecified atom stereocenters. The second-order valence-electron chi connectivity index (χ2n) is 4.70. The summed E-state index contributed by atoms with van der Waals surface area (Å²) >= 11 is 0. The first-order chi connectivity index (χ1) is 9.19. The molecular weight excluding hydrogens is 234 g/mol. The van der Waals surface area contributed by atoms with Gasteiger partial charge in [0, 0.05) is 11.3 Å². The fourth-order valence-corrected chi connectivity index (χ4v) is 1.97. The molecule has 0 spiro atoms. The molecule has 1 N–H and O–H groups in total. The highest BCUT2D eigenvalue weighted by atomic mass is 16.1. The van der Waals surface area contributed by atoms with Gasteiger partial charge in [0.15, 0.2) is 5.78 Å². The Morgan fingerprint density at radius 1 is 1.11 bits per heavy atom. The van der Waals surface area contributed by atoms with Gasteiger partial charge in [0.2, 0.25) is 0 Å². The van der Waals surface area contributed by atoms with E-state index in [9.17, 15) is 4.79 Å². The fraction of sp³-hybridized carbons (Fsp3) is 0.235. The predicted octanol–water partition coefficient (Wildman–Crippen LogP) is 3.85. The number of Topliss-reactive ketones (excluding diaryl/α,β-unsaturated/α-hetero) is 1. The molecule has 0 fully saturated rings. The average molecular weight is 253 g/mol. The predicted molar refractivity (Wildman–Crippen MR) is 79.8 cm³/mol. The standard InChI is InChI=1S/C17H19NO/c1-3-14-7-9-15(10-8-14)17(19)12-18-16-6-4-5-13(2)11-16/h4-11,18H,3,12H2,1-2H3. The van der Waals surface area contributed by atoms with Crippen LogP contribution in [0.15, 0.2) is 48.5 Å². The van der Waals surface area contributed by atoms with Gasteiger partial charge in [-0.3, -0.25) is 4.79 Å². The minimum absolute atomic E-state index is 0.115. The first-order valence-corrected chi connectivity index (χ1v) is 6.61. The number of nitrogens with one attached hydrogen (secondary N) is 1. The van der Waals surface area contributed by atoms with Crippen LogP contribution in [0.2, 0.25) is 0 Å². The van der Waals surface area contributed by atoms with Crippen molar-refractivity contribution in [3.8, 4) is 0 Å². The molecule has 0 aliphatic heterocycles. The van der Waals surface area contributed by atoms with Crippen molar-refractivity contribution in [2.45, 2.75) is 20.3 Å². The van der Waals surface area contributed by atoms with E-state index >= 15 is 0 Å². The first-order valence-electron chi connectivity index (χ1n) is 6.61. The number of benzene rings is 2. The van der Waals surface area contributed by atoms with Gasteiger partial charge in [-0.15, -0.1) is 0 Å². The van der Waals surface area contributed by atoms with Crippen molar-refractivity contribution in [3.05, 3.63) is 65.2 Å². The largest absolute Gasteiger partial charge is 0.378 e. The van der Waals surface area contributed by atoms with Crippen LogP contribution >= 0.6 is 0 Å². The highest BCUT2D eigenvalue weighted by Crippen LogP contribution is 2.10. The Hall–Kier alpha value is -2.09. The quantitative estimate of drug-likeness (QED) is 0.820. The number of carbonyl (C=O) groups is 1. The van der Waals surface area contributed by atoms with E-state index in [2.05, 4.69) is 12.2 Å². The van der Waals surface area contributed by atoms with Crippen molar-refractivity contribution in [1.82, 2.24) is 0 Å². The molecule has 0 amide bonds. The fourth-order valence-electron chi connectivity index (χ4n) is 1.97. The molecule has 19 heavy (non-hydrogen) atoms. The van der Waals surface area contributed by atoms with Crippen molar-refractivity contribution in [1.29, 1.82) is 0 Å². The maximum atomic E-state index is 12.0. The molecule has 0 bridgehead atoms. The van der Waals surface area contributed by atoms with Crippen LogP contribution < -0.4 is 5.32 Å². The Bertz CT molecular complexity index is 558. The Kier molecular flexibility index (Phi) is 4.35. The van der Waals surface area contributed by atoms with Gasteiger partial charge in [-0.2, -0.15) is 0 Å². The van der Waals surface area contributed by atoms with Gasteiger partial charge < -0.3 is 5.32 Å². The topological polar surface area (TPSA) is 29.1 Å². The molecule has 0 aliphatic rings. The van der Waals surface area contributed by atoms with Gasteiger partial charge in [0.1, 0.15) is 0 Å². The number of carbonyl (C=O) groups excluding carboxylic acids is 1. The molecule has 0 radical (unpaired) electrons. The minimum atomic E-state index is 0.115. The van der Waals surface area contributed by atoms with Crippen LogP contribution in [0, 0.1) is 6.92 Å². The van der Waals surface area contributed by atoms with Crippen LogP contribution in [0.25, 0.3) is 0 Å². The molecular formula is C17H19NO. The lowest BCUT2D eigenvalue weighted by Gasteiger charge is -2.07. The Balaban J connectivity index is 1.97. The average Bonchev–Trinajstić information content (AvgIpc) is 2.45. The number of anilines is 1. The number of hydrogen-bond donors (Lipinski definition) is 1. The van der Waals surface area contributed by atoms with Crippen molar-refractivity contribution in [3.63, 3.8) is 0 Å². The third kappa shape index (κ3) is 3.68. The van der Waals surface area contributed by atoms with Crippen molar-refractivity contribution < 1.29 is 4.79 Å². The Morgan fingerprint density at radius 3 is 2.47 bits per heavy atom. The van der Waals surface area contributed by atoms with Crippen LogP contribution in [0.1, 0.15) is 28.4 Å². The van der Waals surface area contributed by atoms with E-state index in [-0.39, 0.29) is 5.78 Å².